The van der Waals surface area contributed by atoms with Crippen molar-refractivity contribution in [3.8, 4) is 0 Å². The maximum absolute atomic E-state index is 11.9. The van der Waals surface area contributed by atoms with E-state index in [0.717, 1.165) is 42.8 Å². The second-order valence-electron chi connectivity index (χ2n) is 5.90. The van der Waals surface area contributed by atoms with Crippen molar-refractivity contribution < 1.29 is 4.79 Å². The zero-order chi connectivity index (χ0) is 14.7. The van der Waals surface area contributed by atoms with E-state index >= 15 is 0 Å². The van der Waals surface area contributed by atoms with E-state index in [9.17, 15) is 4.79 Å². The summed E-state index contributed by atoms with van der Waals surface area (Å²) in [6, 6.07) is 0. The van der Waals surface area contributed by atoms with E-state index in [2.05, 4.69) is 22.1 Å². The van der Waals surface area contributed by atoms with E-state index in [1.807, 2.05) is 22.2 Å². The molecule has 3 rings (SSSR count). The molecule has 1 atom stereocenters. The number of carbonyl (C=O) groups is 1. The van der Waals surface area contributed by atoms with Gasteiger partial charge in [-0.15, -0.1) is 11.3 Å². The lowest BCUT2D eigenvalue weighted by atomic mass is 10.0. The molecule has 0 aromatic carbocycles. The van der Waals surface area contributed by atoms with Crippen LogP contribution < -0.4 is 5.32 Å². The molecule has 1 N–H and O–H groups in total. The molecular formula is C15H22N4OS. The molecule has 1 saturated heterocycles. The summed E-state index contributed by atoms with van der Waals surface area (Å²) in [7, 11) is 0. The first-order valence-corrected chi connectivity index (χ1v) is 8.49. The van der Waals surface area contributed by atoms with Crippen molar-refractivity contribution in [2.24, 2.45) is 5.92 Å². The molecule has 0 aliphatic carbocycles. The molecule has 0 bridgehead atoms. The molecule has 3 heterocycles. The van der Waals surface area contributed by atoms with E-state index in [0.29, 0.717) is 6.42 Å². The number of nitrogens with one attached hydrogen (secondary N) is 1. The number of rotatable bonds is 5. The van der Waals surface area contributed by atoms with Gasteiger partial charge in [-0.05, 0) is 25.3 Å². The molecule has 1 aliphatic heterocycles. The highest BCUT2D eigenvalue weighted by atomic mass is 32.1. The Morgan fingerprint density at radius 1 is 1.57 bits per heavy atom. The minimum Gasteiger partial charge on any atom is -0.354 e. The van der Waals surface area contributed by atoms with E-state index in [-0.39, 0.29) is 5.91 Å². The largest absolute Gasteiger partial charge is 0.354 e. The van der Waals surface area contributed by atoms with Gasteiger partial charge in [0.2, 0.25) is 5.91 Å². The summed E-state index contributed by atoms with van der Waals surface area (Å²) in [6.45, 7) is 6.31. The number of hydrogen-bond donors (Lipinski definition) is 1. The van der Waals surface area contributed by atoms with E-state index in [4.69, 9.17) is 0 Å². The fourth-order valence-corrected chi connectivity index (χ4v) is 3.65. The monoisotopic (exact) mass is 306 g/mol. The van der Waals surface area contributed by atoms with Crippen LogP contribution in [0.25, 0.3) is 4.96 Å². The number of carbonyl (C=O) groups excluding carboxylic acids is 1. The SMILES string of the molecule is CC1CCCN(CCNC(=O)Cc2cn3ccsc3n2)C1. The quantitative estimate of drug-likeness (QED) is 0.916. The number of imidazole rings is 1. The molecule has 2 aromatic heterocycles. The van der Waals surface area contributed by atoms with Gasteiger partial charge >= 0.3 is 0 Å². The molecule has 1 amide bonds. The summed E-state index contributed by atoms with van der Waals surface area (Å²) < 4.78 is 1.96. The second-order valence-corrected chi connectivity index (χ2v) is 6.77. The van der Waals surface area contributed by atoms with Crippen molar-refractivity contribution in [2.75, 3.05) is 26.2 Å². The van der Waals surface area contributed by atoms with E-state index < -0.39 is 0 Å². The van der Waals surface area contributed by atoms with Gasteiger partial charge in [-0.1, -0.05) is 6.92 Å². The first-order chi connectivity index (χ1) is 10.2. The highest BCUT2D eigenvalue weighted by Gasteiger charge is 2.16. The number of aromatic nitrogens is 2. The lowest BCUT2D eigenvalue weighted by molar-refractivity contribution is -0.120. The van der Waals surface area contributed by atoms with Gasteiger partial charge in [0.05, 0.1) is 12.1 Å². The first-order valence-electron chi connectivity index (χ1n) is 7.61. The number of likely N-dealkylation sites (tertiary alicyclic amines) is 1. The van der Waals surface area contributed by atoms with Crippen molar-refractivity contribution in [1.82, 2.24) is 19.6 Å². The number of nitrogens with zero attached hydrogens (tertiary/aromatic N) is 3. The summed E-state index contributed by atoms with van der Waals surface area (Å²) in [5, 5.41) is 5.00. The van der Waals surface area contributed by atoms with Crippen LogP contribution in [0.15, 0.2) is 17.8 Å². The van der Waals surface area contributed by atoms with Crippen LogP contribution in [0.2, 0.25) is 0 Å². The summed E-state index contributed by atoms with van der Waals surface area (Å²) in [4.78, 5) is 19.8. The minimum absolute atomic E-state index is 0.0609. The van der Waals surface area contributed by atoms with Crippen molar-refractivity contribution >= 4 is 22.2 Å². The number of hydrogen-bond acceptors (Lipinski definition) is 4. The highest BCUT2D eigenvalue weighted by molar-refractivity contribution is 7.15. The van der Waals surface area contributed by atoms with Crippen molar-refractivity contribution in [3.05, 3.63) is 23.5 Å². The summed E-state index contributed by atoms with van der Waals surface area (Å²) in [6.07, 6.45) is 6.87. The van der Waals surface area contributed by atoms with Gasteiger partial charge in [-0.25, -0.2) is 4.98 Å². The minimum atomic E-state index is 0.0609. The number of fused-ring (bicyclic) bond motifs is 1. The number of amides is 1. The average molecular weight is 306 g/mol. The molecule has 0 spiro atoms. The van der Waals surface area contributed by atoms with Crippen LogP contribution >= 0.6 is 11.3 Å². The van der Waals surface area contributed by atoms with Crippen molar-refractivity contribution in [3.63, 3.8) is 0 Å². The Kier molecular flexibility index (Phi) is 4.55. The number of piperidine rings is 1. The first kappa shape index (κ1) is 14.5. The third-order valence-electron chi connectivity index (χ3n) is 3.98. The molecule has 21 heavy (non-hydrogen) atoms. The molecule has 1 unspecified atom stereocenters. The van der Waals surface area contributed by atoms with Crippen LogP contribution in [0.4, 0.5) is 0 Å². The van der Waals surface area contributed by atoms with E-state index in [1.165, 1.54) is 12.8 Å². The Morgan fingerprint density at radius 2 is 2.48 bits per heavy atom. The summed E-state index contributed by atoms with van der Waals surface area (Å²) >= 11 is 1.59. The molecule has 5 nitrogen and oxygen atoms in total. The Hall–Kier alpha value is -1.40. The smallest absolute Gasteiger partial charge is 0.226 e. The lowest BCUT2D eigenvalue weighted by Crippen LogP contribution is -2.40. The highest BCUT2D eigenvalue weighted by Crippen LogP contribution is 2.14. The zero-order valence-corrected chi connectivity index (χ0v) is 13.2. The molecule has 6 heteroatoms. The Balaban J connectivity index is 1.41. The molecule has 114 valence electrons. The lowest BCUT2D eigenvalue weighted by Gasteiger charge is -2.30. The third kappa shape index (κ3) is 3.83. The van der Waals surface area contributed by atoms with Gasteiger partial charge < -0.3 is 10.2 Å². The summed E-state index contributed by atoms with van der Waals surface area (Å²) in [5.41, 5.74) is 0.839. The maximum Gasteiger partial charge on any atom is 0.226 e. The van der Waals surface area contributed by atoms with Gasteiger partial charge in [0.25, 0.3) is 0 Å². The standard InChI is InChI=1S/C15H22N4OS/c1-12-3-2-5-18(10-12)6-4-16-14(20)9-13-11-19-7-8-21-15(19)17-13/h7-8,11-12H,2-6,9-10H2,1H3,(H,16,20). The van der Waals surface area contributed by atoms with Gasteiger partial charge in [0.15, 0.2) is 4.96 Å². The van der Waals surface area contributed by atoms with Gasteiger partial charge in [0, 0.05) is 37.4 Å². The Bertz CT molecular complexity index is 577. The van der Waals surface area contributed by atoms with Crippen LogP contribution in [-0.4, -0.2) is 46.4 Å². The molecule has 1 aliphatic rings. The average Bonchev–Trinajstić information content (AvgIpc) is 2.99. The summed E-state index contributed by atoms with van der Waals surface area (Å²) in [5.74, 6) is 0.846. The maximum atomic E-state index is 11.9. The van der Waals surface area contributed by atoms with Crippen molar-refractivity contribution in [2.45, 2.75) is 26.2 Å². The third-order valence-corrected chi connectivity index (χ3v) is 4.75. The second kappa shape index (κ2) is 6.58. The van der Waals surface area contributed by atoms with Gasteiger partial charge in [0.1, 0.15) is 0 Å². The fourth-order valence-electron chi connectivity index (χ4n) is 2.93. The van der Waals surface area contributed by atoms with Crippen LogP contribution in [0, 0.1) is 5.92 Å². The van der Waals surface area contributed by atoms with Crippen LogP contribution in [0.5, 0.6) is 0 Å². The van der Waals surface area contributed by atoms with Gasteiger partial charge in [-0.2, -0.15) is 0 Å². The van der Waals surface area contributed by atoms with Crippen LogP contribution in [0.3, 0.4) is 0 Å². The van der Waals surface area contributed by atoms with E-state index in [1.54, 1.807) is 11.3 Å². The molecule has 0 radical (unpaired) electrons. The Morgan fingerprint density at radius 3 is 3.29 bits per heavy atom. The Labute approximate surface area is 129 Å². The van der Waals surface area contributed by atoms with Crippen LogP contribution in [-0.2, 0) is 11.2 Å². The van der Waals surface area contributed by atoms with Gasteiger partial charge in [-0.3, -0.25) is 9.20 Å². The number of thiazole rings is 1. The molecule has 0 saturated carbocycles. The molecular weight excluding hydrogens is 284 g/mol. The zero-order valence-electron chi connectivity index (χ0n) is 12.4. The van der Waals surface area contributed by atoms with Crippen molar-refractivity contribution in [1.29, 1.82) is 0 Å². The fraction of sp³-hybridized carbons (Fsp3) is 0.600. The van der Waals surface area contributed by atoms with Crippen LogP contribution in [0.1, 0.15) is 25.5 Å². The topological polar surface area (TPSA) is 49.6 Å². The normalized spacial score (nSPS) is 20.0. The molecule has 2 aromatic rings. The predicted octanol–water partition coefficient (Wildman–Crippen LogP) is 1.79. The molecule has 1 fully saturated rings. The predicted molar refractivity (Wildman–Crippen MR) is 84.6 cm³/mol.